The minimum absolute atomic E-state index is 0.437. The Morgan fingerprint density at radius 2 is 2.15 bits per heavy atom. The summed E-state index contributed by atoms with van der Waals surface area (Å²) in [6.07, 6.45) is 4.42. The summed E-state index contributed by atoms with van der Waals surface area (Å²) in [5.74, 6) is 0.437. The van der Waals surface area contributed by atoms with Crippen molar-refractivity contribution in [3.8, 4) is 6.07 Å². The van der Waals surface area contributed by atoms with Crippen molar-refractivity contribution in [3.63, 3.8) is 0 Å². The van der Waals surface area contributed by atoms with Crippen LogP contribution >= 0.6 is 0 Å². The Balaban J connectivity index is 1.96. The van der Waals surface area contributed by atoms with Gasteiger partial charge in [-0.1, -0.05) is 12.1 Å². The van der Waals surface area contributed by atoms with Gasteiger partial charge < -0.3 is 10.3 Å². The highest BCUT2D eigenvalue weighted by atomic mass is 15.1. The number of benzene rings is 1. The zero-order valence-electron chi connectivity index (χ0n) is 10.8. The Hall–Kier alpha value is -2.87. The van der Waals surface area contributed by atoms with E-state index in [-0.39, 0.29) is 0 Å². The molecule has 2 heterocycles. The number of aromatic nitrogens is 3. The number of hydrogen-bond donors (Lipinski definition) is 1. The van der Waals surface area contributed by atoms with Gasteiger partial charge in [0.2, 0.25) is 5.95 Å². The molecule has 20 heavy (non-hydrogen) atoms. The molecule has 98 valence electrons. The Kier molecular flexibility index (Phi) is 3.05. The number of anilines is 1. The van der Waals surface area contributed by atoms with Crippen molar-refractivity contribution in [1.82, 2.24) is 14.5 Å². The second-order valence-electron chi connectivity index (χ2n) is 4.52. The molecule has 0 saturated carbocycles. The monoisotopic (exact) mass is 263 g/mol. The molecule has 5 nitrogen and oxygen atoms in total. The van der Waals surface area contributed by atoms with Gasteiger partial charge in [-0.15, -0.1) is 0 Å². The van der Waals surface area contributed by atoms with Crippen molar-refractivity contribution < 1.29 is 0 Å². The lowest BCUT2D eigenvalue weighted by molar-refractivity contribution is 0.724. The van der Waals surface area contributed by atoms with Crippen molar-refractivity contribution in [3.05, 3.63) is 53.9 Å². The Morgan fingerprint density at radius 3 is 2.90 bits per heavy atom. The van der Waals surface area contributed by atoms with E-state index in [0.717, 1.165) is 17.5 Å². The largest absolute Gasteiger partial charge is 0.369 e. The molecule has 2 N–H and O–H groups in total. The number of aryl methyl sites for hydroxylation is 2. The standard InChI is InChI=1S/C15H13N5/c16-9-12-4-1-5-13-14(12)19-15(17)20(13)8-6-11-3-2-7-18-10-11/h1-5,7,10H,6,8H2,(H2,17,19). The lowest BCUT2D eigenvalue weighted by atomic mass is 10.2. The molecule has 0 aliphatic rings. The molecular weight excluding hydrogens is 250 g/mol. The molecule has 5 heteroatoms. The maximum absolute atomic E-state index is 9.10. The van der Waals surface area contributed by atoms with E-state index in [4.69, 9.17) is 11.0 Å². The van der Waals surface area contributed by atoms with Crippen LogP contribution in [0, 0.1) is 11.3 Å². The Morgan fingerprint density at radius 1 is 1.25 bits per heavy atom. The molecule has 0 radical (unpaired) electrons. The highest BCUT2D eigenvalue weighted by Crippen LogP contribution is 2.21. The molecule has 0 spiro atoms. The molecule has 3 aromatic rings. The second kappa shape index (κ2) is 5.02. The maximum atomic E-state index is 9.10. The predicted octanol–water partition coefficient (Wildman–Crippen LogP) is 2.13. The van der Waals surface area contributed by atoms with Gasteiger partial charge >= 0.3 is 0 Å². The summed E-state index contributed by atoms with van der Waals surface area (Å²) < 4.78 is 1.93. The van der Waals surface area contributed by atoms with E-state index in [9.17, 15) is 0 Å². The first-order chi connectivity index (χ1) is 9.79. The van der Waals surface area contributed by atoms with Gasteiger partial charge in [-0.2, -0.15) is 5.26 Å². The number of nitriles is 1. The SMILES string of the molecule is N#Cc1cccc2c1nc(N)n2CCc1cccnc1. The first-order valence-corrected chi connectivity index (χ1v) is 6.33. The second-order valence-corrected chi connectivity index (χ2v) is 4.52. The molecule has 0 saturated heterocycles. The number of nitrogens with two attached hydrogens (primary N) is 1. The molecule has 0 amide bonds. The summed E-state index contributed by atoms with van der Waals surface area (Å²) in [6, 6.07) is 11.6. The lowest BCUT2D eigenvalue weighted by Crippen LogP contribution is -2.05. The molecule has 0 unspecified atom stereocenters. The van der Waals surface area contributed by atoms with E-state index < -0.39 is 0 Å². The third kappa shape index (κ3) is 2.08. The molecule has 0 fully saturated rings. The van der Waals surface area contributed by atoms with Crippen LogP contribution in [0.3, 0.4) is 0 Å². The number of nitrogens with zero attached hydrogens (tertiary/aromatic N) is 4. The van der Waals surface area contributed by atoms with Gasteiger partial charge in [0.25, 0.3) is 0 Å². The summed E-state index contributed by atoms with van der Waals surface area (Å²) in [4.78, 5) is 8.40. The average Bonchev–Trinajstić information content (AvgIpc) is 2.81. The number of rotatable bonds is 3. The van der Waals surface area contributed by atoms with Crippen LogP contribution in [0.25, 0.3) is 11.0 Å². The van der Waals surface area contributed by atoms with Crippen molar-refractivity contribution in [2.45, 2.75) is 13.0 Å². The number of fused-ring (bicyclic) bond motifs is 1. The van der Waals surface area contributed by atoms with Crippen LogP contribution in [0.4, 0.5) is 5.95 Å². The predicted molar refractivity (Wildman–Crippen MR) is 76.8 cm³/mol. The molecule has 1 aromatic carbocycles. The third-order valence-corrected chi connectivity index (χ3v) is 3.28. The molecule has 0 atom stereocenters. The van der Waals surface area contributed by atoms with E-state index in [1.807, 2.05) is 35.0 Å². The zero-order chi connectivity index (χ0) is 13.9. The van der Waals surface area contributed by atoms with Gasteiger partial charge in [-0.05, 0) is 30.2 Å². The van der Waals surface area contributed by atoms with E-state index in [1.54, 1.807) is 12.3 Å². The number of para-hydroxylation sites is 1. The number of pyridine rings is 1. The molecular formula is C15H13N5. The molecule has 2 aromatic heterocycles. The highest BCUT2D eigenvalue weighted by molar-refractivity contribution is 5.83. The molecule has 0 bridgehead atoms. The van der Waals surface area contributed by atoms with E-state index in [0.29, 0.717) is 23.6 Å². The van der Waals surface area contributed by atoms with Crippen molar-refractivity contribution in [2.75, 3.05) is 5.73 Å². The van der Waals surface area contributed by atoms with Gasteiger partial charge in [0.1, 0.15) is 11.6 Å². The Labute approximate surface area is 116 Å². The van der Waals surface area contributed by atoms with Gasteiger partial charge in [0.15, 0.2) is 0 Å². The fraction of sp³-hybridized carbons (Fsp3) is 0.133. The summed E-state index contributed by atoms with van der Waals surface area (Å²) in [7, 11) is 0. The van der Waals surface area contributed by atoms with E-state index in [1.165, 1.54) is 0 Å². The smallest absolute Gasteiger partial charge is 0.201 e. The van der Waals surface area contributed by atoms with Crippen LogP contribution in [0.1, 0.15) is 11.1 Å². The van der Waals surface area contributed by atoms with Crippen LogP contribution in [0.2, 0.25) is 0 Å². The van der Waals surface area contributed by atoms with Crippen molar-refractivity contribution in [2.24, 2.45) is 0 Å². The van der Waals surface area contributed by atoms with Crippen molar-refractivity contribution in [1.29, 1.82) is 5.26 Å². The molecule has 0 aliphatic heterocycles. The van der Waals surface area contributed by atoms with Gasteiger partial charge in [0, 0.05) is 18.9 Å². The quantitative estimate of drug-likeness (QED) is 0.785. The number of imidazole rings is 1. The minimum Gasteiger partial charge on any atom is -0.369 e. The number of hydrogen-bond acceptors (Lipinski definition) is 4. The first-order valence-electron chi connectivity index (χ1n) is 6.33. The van der Waals surface area contributed by atoms with Crippen molar-refractivity contribution >= 4 is 17.0 Å². The first kappa shape index (κ1) is 12.2. The van der Waals surface area contributed by atoms with Crippen LogP contribution in [-0.2, 0) is 13.0 Å². The van der Waals surface area contributed by atoms with E-state index in [2.05, 4.69) is 16.0 Å². The maximum Gasteiger partial charge on any atom is 0.201 e. The summed E-state index contributed by atoms with van der Waals surface area (Å²) in [5.41, 5.74) is 9.22. The van der Waals surface area contributed by atoms with Gasteiger partial charge in [-0.25, -0.2) is 4.98 Å². The van der Waals surface area contributed by atoms with Gasteiger partial charge in [0.05, 0.1) is 11.1 Å². The highest BCUT2D eigenvalue weighted by Gasteiger charge is 2.11. The van der Waals surface area contributed by atoms with Crippen LogP contribution < -0.4 is 5.73 Å². The normalized spacial score (nSPS) is 10.6. The van der Waals surface area contributed by atoms with E-state index >= 15 is 0 Å². The van der Waals surface area contributed by atoms with Crippen LogP contribution in [0.5, 0.6) is 0 Å². The number of nitrogen functional groups attached to an aromatic ring is 1. The third-order valence-electron chi connectivity index (χ3n) is 3.28. The minimum atomic E-state index is 0.437. The zero-order valence-corrected chi connectivity index (χ0v) is 10.8. The fourth-order valence-corrected chi connectivity index (χ4v) is 2.28. The summed E-state index contributed by atoms with van der Waals surface area (Å²) in [6.45, 7) is 0.711. The lowest BCUT2D eigenvalue weighted by Gasteiger charge is -2.06. The van der Waals surface area contributed by atoms with Crippen LogP contribution in [0.15, 0.2) is 42.7 Å². The topological polar surface area (TPSA) is 80.5 Å². The van der Waals surface area contributed by atoms with Gasteiger partial charge in [-0.3, -0.25) is 4.98 Å². The summed E-state index contributed by atoms with van der Waals surface area (Å²) >= 11 is 0. The van der Waals surface area contributed by atoms with Crippen LogP contribution in [-0.4, -0.2) is 14.5 Å². The summed E-state index contributed by atoms with van der Waals surface area (Å²) in [5, 5.41) is 9.10. The molecule has 3 rings (SSSR count). The average molecular weight is 263 g/mol. The fourth-order valence-electron chi connectivity index (χ4n) is 2.28. The Bertz CT molecular complexity index is 783. The molecule has 0 aliphatic carbocycles.